The SMILES string of the molecule is CN(C)CCn1cc(-c2ccc(C[C@@H](C#N)NC(=O)[C@H]3N[C@@H]4CC[C@H]3C4)c(F)c2)ccc1=O. The number of piperidine rings is 1. The fourth-order valence-electron chi connectivity index (χ4n) is 4.84. The van der Waals surface area contributed by atoms with Crippen molar-refractivity contribution in [2.75, 3.05) is 20.6 Å². The van der Waals surface area contributed by atoms with Crippen LogP contribution in [0.3, 0.4) is 0 Å². The standard InChI is InChI=1S/C25H30FN5O2/c1-30(2)9-10-31-15-19(6-8-23(31)32)16-3-4-17(22(26)13-16)11-21(14-27)29-25(33)24-18-5-7-20(12-18)28-24/h3-4,6,8,13,15,18,20-21,24,28H,5,7,9-12H2,1-2H3,(H,29,33)/t18-,20+,21-,24-/m0/s1. The van der Waals surface area contributed by atoms with Gasteiger partial charge < -0.3 is 20.1 Å². The summed E-state index contributed by atoms with van der Waals surface area (Å²) < 4.78 is 16.5. The smallest absolute Gasteiger partial charge is 0.250 e. The number of likely N-dealkylation sites (N-methyl/N-ethyl adjacent to an activating group) is 1. The van der Waals surface area contributed by atoms with E-state index >= 15 is 0 Å². The lowest BCUT2D eigenvalue weighted by molar-refractivity contribution is -0.124. The first-order chi connectivity index (χ1) is 15.8. The van der Waals surface area contributed by atoms with Crippen molar-refractivity contribution in [3.8, 4) is 17.2 Å². The molecule has 1 aromatic heterocycles. The van der Waals surface area contributed by atoms with Crippen LogP contribution in [0.2, 0.25) is 0 Å². The van der Waals surface area contributed by atoms with Crippen LogP contribution >= 0.6 is 0 Å². The summed E-state index contributed by atoms with van der Waals surface area (Å²) in [6, 6.07) is 9.45. The predicted octanol–water partition coefficient (Wildman–Crippen LogP) is 1.91. The van der Waals surface area contributed by atoms with Gasteiger partial charge in [0, 0.05) is 37.8 Å². The molecule has 33 heavy (non-hydrogen) atoms. The normalized spacial score (nSPS) is 22.3. The van der Waals surface area contributed by atoms with Gasteiger partial charge in [0.2, 0.25) is 5.91 Å². The number of halogens is 1. The molecular formula is C25H30FN5O2. The zero-order chi connectivity index (χ0) is 23.5. The molecule has 1 saturated carbocycles. The second-order valence-electron chi connectivity index (χ2n) is 9.37. The van der Waals surface area contributed by atoms with Crippen LogP contribution < -0.4 is 16.2 Å². The van der Waals surface area contributed by atoms with Crippen molar-refractivity contribution in [2.45, 2.75) is 50.4 Å². The molecule has 1 aliphatic heterocycles. The molecule has 1 aromatic carbocycles. The average molecular weight is 452 g/mol. The molecule has 8 heteroatoms. The maximum atomic E-state index is 14.9. The highest BCUT2D eigenvalue weighted by molar-refractivity contribution is 5.83. The highest BCUT2D eigenvalue weighted by Gasteiger charge is 2.43. The minimum atomic E-state index is -0.799. The lowest BCUT2D eigenvalue weighted by Gasteiger charge is -2.23. The third-order valence-corrected chi connectivity index (χ3v) is 6.70. The van der Waals surface area contributed by atoms with Crippen molar-refractivity contribution < 1.29 is 9.18 Å². The molecule has 1 aliphatic carbocycles. The van der Waals surface area contributed by atoms with Crippen molar-refractivity contribution in [1.82, 2.24) is 20.1 Å². The number of carbonyl (C=O) groups excluding carboxylic acids is 1. The minimum absolute atomic E-state index is 0.0947. The highest BCUT2D eigenvalue weighted by Crippen LogP contribution is 2.35. The predicted molar refractivity (Wildman–Crippen MR) is 124 cm³/mol. The van der Waals surface area contributed by atoms with Gasteiger partial charge in [-0.3, -0.25) is 9.59 Å². The first kappa shape index (κ1) is 23.1. The Kier molecular flexibility index (Phi) is 6.91. The molecule has 2 N–H and O–H groups in total. The van der Waals surface area contributed by atoms with Gasteiger partial charge in [-0.25, -0.2) is 4.39 Å². The number of amides is 1. The largest absolute Gasteiger partial charge is 0.339 e. The maximum absolute atomic E-state index is 14.9. The lowest BCUT2D eigenvalue weighted by Crippen LogP contribution is -2.50. The quantitative estimate of drug-likeness (QED) is 0.640. The number of hydrogen-bond acceptors (Lipinski definition) is 5. The van der Waals surface area contributed by atoms with Crippen molar-refractivity contribution in [1.29, 1.82) is 5.26 Å². The van der Waals surface area contributed by atoms with Crippen molar-refractivity contribution >= 4 is 5.91 Å². The van der Waals surface area contributed by atoms with Crippen LogP contribution in [-0.2, 0) is 17.8 Å². The maximum Gasteiger partial charge on any atom is 0.250 e. The Hall–Kier alpha value is -3.02. The van der Waals surface area contributed by atoms with E-state index in [2.05, 4.69) is 16.7 Å². The Bertz CT molecular complexity index is 1120. The van der Waals surface area contributed by atoms with Crippen molar-refractivity contribution in [3.63, 3.8) is 0 Å². The average Bonchev–Trinajstić information content (AvgIpc) is 3.43. The van der Waals surface area contributed by atoms with Crippen LogP contribution in [0.15, 0.2) is 41.3 Å². The number of carbonyl (C=O) groups is 1. The lowest BCUT2D eigenvalue weighted by atomic mass is 9.98. The van der Waals surface area contributed by atoms with Gasteiger partial charge in [-0.15, -0.1) is 0 Å². The van der Waals surface area contributed by atoms with Crippen LogP contribution in [0.5, 0.6) is 0 Å². The fraction of sp³-hybridized carbons (Fsp3) is 0.480. The van der Waals surface area contributed by atoms with E-state index in [4.69, 9.17) is 0 Å². The second kappa shape index (κ2) is 9.86. The summed E-state index contributed by atoms with van der Waals surface area (Å²) in [5.41, 5.74) is 1.66. The van der Waals surface area contributed by atoms with Gasteiger partial charge in [0.05, 0.1) is 12.1 Å². The van der Waals surface area contributed by atoms with E-state index in [0.29, 0.717) is 29.6 Å². The number of nitriles is 1. The Balaban J connectivity index is 1.44. The molecule has 7 nitrogen and oxygen atoms in total. The van der Waals surface area contributed by atoms with Crippen LogP contribution in [-0.4, -0.2) is 54.1 Å². The van der Waals surface area contributed by atoms with Gasteiger partial charge in [0.15, 0.2) is 0 Å². The van der Waals surface area contributed by atoms with Gasteiger partial charge >= 0.3 is 0 Å². The van der Waals surface area contributed by atoms with Gasteiger partial charge in [0.1, 0.15) is 11.9 Å². The van der Waals surface area contributed by atoms with Gasteiger partial charge in [0.25, 0.3) is 5.56 Å². The summed E-state index contributed by atoms with van der Waals surface area (Å²) in [7, 11) is 3.88. The zero-order valence-corrected chi connectivity index (χ0v) is 19.1. The van der Waals surface area contributed by atoms with E-state index in [1.54, 1.807) is 29.0 Å². The number of aromatic nitrogens is 1. The van der Waals surface area contributed by atoms with E-state index in [0.717, 1.165) is 31.4 Å². The Morgan fingerprint density at radius 1 is 1.30 bits per heavy atom. The van der Waals surface area contributed by atoms with Crippen molar-refractivity contribution in [3.05, 3.63) is 58.3 Å². The summed E-state index contributed by atoms with van der Waals surface area (Å²) in [5.74, 6) is -0.289. The third kappa shape index (κ3) is 5.32. The van der Waals surface area contributed by atoms with E-state index in [9.17, 15) is 19.2 Å². The first-order valence-corrected chi connectivity index (χ1v) is 11.4. The number of benzene rings is 1. The summed E-state index contributed by atoms with van der Waals surface area (Å²) in [6.45, 7) is 1.26. The molecular weight excluding hydrogens is 421 g/mol. The van der Waals surface area contributed by atoms with Crippen LogP contribution in [0.4, 0.5) is 4.39 Å². The summed E-state index contributed by atoms with van der Waals surface area (Å²) in [5, 5.41) is 15.6. The highest BCUT2D eigenvalue weighted by atomic mass is 19.1. The van der Waals surface area contributed by atoms with E-state index in [1.807, 2.05) is 19.0 Å². The summed E-state index contributed by atoms with van der Waals surface area (Å²) >= 11 is 0. The fourth-order valence-corrected chi connectivity index (χ4v) is 4.84. The van der Waals surface area contributed by atoms with Gasteiger partial charge in [-0.05, 0) is 68.1 Å². The Morgan fingerprint density at radius 2 is 2.09 bits per heavy atom. The monoisotopic (exact) mass is 451 g/mol. The zero-order valence-electron chi connectivity index (χ0n) is 19.1. The Labute approximate surface area is 193 Å². The van der Waals surface area contributed by atoms with Gasteiger partial charge in [-0.2, -0.15) is 5.26 Å². The molecule has 0 spiro atoms. The number of hydrogen-bond donors (Lipinski definition) is 2. The summed E-state index contributed by atoms with van der Waals surface area (Å²) in [6.07, 6.45) is 4.97. The minimum Gasteiger partial charge on any atom is -0.339 e. The molecule has 2 fully saturated rings. The van der Waals surface area contributed by atoms with Crippen molar-refractivity contribution in [2.24, 2.45) is 5.92 Å². The third-order valence-electron chi connectivity index (χ3n) is 6.70. The topological polar surface area (TPSA) is 90.2 Å². The van der Waals surface area contributed by atoms with E-state index in [-0.39, 0.29) is 23.9 Å². The molecule has 2 bridgehead atoms. The molecule has 2 heterocycles. The Morgan fingerprint density at radius 3 is 2.73 bits per heavy atom. The van der Waals surface area contributed by atoms with Crippen LogP contribution in [0.1, 0.15) is 24.8 Å². The molecule has 1 amide bonds. The first-order valence-electron chi connectivity index (χ1n) is 11.4. The number of nitrogens with one attached hydrogen (secondary N) is 2. The molecule has 174 valence electrons. The molecule has 2 aromatic rings. The summed E-state index contributed by atoms with van der Waals surface area (Å²) in [4.78, 5) is 26.7. The molecule has 0 radical (unpaired) electrons. The molecule has 0 unspecified atom stereocenters. The number of pyridine rings is 1. The number of fused-ring (bicyclic) bond motifs is 2. The molecule has 1 saturated heterocycles. The number of nitrogens with zero attached hydrogens (tertiary/aromatic N) is 3. The van der Waals surface area contributed by atoms with Gasteiger partial charge in [-0.1, -0.05) is 12.1 Å². The van der Waals surface area contributed by atoms with Crippen LogP contribution in [0.25, 0.3) is 11.1 Å². The molecule has 4 rings (SSSR count). The molecule has 4 atom stereocenters. The molecule has 2 aliphatic rings. The van der Waals surface area contributed by atoms with E-state index < -0.39 is 11.9 Å². The van der Waals surface area contributed by atoms with Crippen LogP contribution in [0, 0.1) is 23.1 Å². The second-order valence-corrected chi connectivity index (χ2v) is 9.37. The number of rotatable bonds is 8. The van der Waals surface area contributed by atoms with E-state index in [1.165, 1.54) is 12.1 Å².